The van der Waals surface area contributed by atoms with Crippen LogP contribution in [0.4, 0.5) is 10.1 Å². The van der Waals surface area contributed by atoms with Gasteiger partial charge in [-0.15, -0.1) is 0 Å². The molecule has 29 heavy (non-hydrogen) atoms. The number of halogens is 1. The number of hydrogen-bond donors (Lipinski definition) is 0. The smallest absolute Gasteiger partial charge is 0.282 e. The maximum Gasteiger partial charge on any atom is 0.282 e. The molecule has 0 saturated carbocycles. The zero-order valence-electron chi connectivity index (χ0n) is 16.3. The summed E-state index contributed by atoms with van der Waals surface area (Å²) in [5.74, 6) is -0.301. The van der Waals surface area contributed by atoms with Gasteiger partial charge in [-0.3, -0.25) is 9.59 Å². The molecule has 1 saturated heterocycles. The first kappa shape index (κ1) is 19.0. The van der Waals surface area contributed by atoms with Gasteiger partial charge >= 0.3 is 0 Å². The Morgan fingerprint density at radius 2 is 1.45 bits per heavy atom. The fourth-order valence-electron chi connectivity index (χ4n) is 3.79. The van der Waals surface area contributed by atoms with Crippen LogP contribution in [0.15, 0.2) is 48.2 Å². The van der Waals surface area contributed by atoms with E-state index in [2.05, 4.69) is 0 Å². The van der Waals surface area contributed by atoms with E-state index in [1.807, 2.05) is 4.90 Å². The molecule has 4 rings (SSSR count). The summed E-state index contributed by atoms with van der Waals surface area (Å²) in [5, 5.41) is 0. The molecule has 0 aliphatic carbocycles. The van der Waals surface area contributed by atoms with Crippen molar-refractivity contribution < 1.29 is 23.5 Å². The number of hydrogen-bond acceptors (Lipinski definition) is 5. The first-order valence-electron chi connectivity index (χ1n) is 9.40. The Balaban J connectivity index is 1.83. The lowest BCUT2D eigenvalue weighted by Gasteiger charge is -2.21. The molecule has 2 aliphatic rings. The van der Waals surface area contributed by atoms with Gasteiger partial charge in [0.05, 0.1) is 25.5 Å². The molecule has 2 aliphatic heterocycles. The van der Waals surface area contributed by atoms with Gasteiger partial charge < -0.3 is 14.4 Å². The van der Waals surface area contributed by atoms with Crippen molar-refractivity contribution in [3.8, 4) is 11.5 Å². The van der Waals surface area contributed by atoms with Crippen molar-refractivity contribution in [1.82, 2.24) is 4.90 Å². The lowest BCUT2D eigenvalue weighted by Crippen LogP contribution is -2.34. The molecule has 2 aromatic rings. The van der Waals surface area contributed by atoms with E-state index in [0.29, 0.717) is 47.1 Å². The number of likely N-dealkylation sites (tertiary alicyclic amines) is 1. The second kappa shape index (κ2) is 7.58. The molecule has 7 heteroatoms. The summed E-state index contributed by atoms with van der Waals surface area (Å²) < 4.78 is 24.0. The second-order valence-electron chi connectivity index (χ2n) is 6.94. The number of anilines is 1. The topological polar surface area (TPSA) is 59.1 Å². The maximum absolute atomic E-state index is 13.4. The van der Waals surface area contributed by atoms with Crippen molar-refractivity contribution in [2.45, 2.75) is 12.8 Å². The quantitative estimate of drug-likeness (QED) is 0.727. The van der Waals surface area contributed by atoms with Crippen molar-refractivity contribution in [2.75, 3.05) is 32.2 Å². The van der Waals surface area contributed by atoms with Gasteiger partial charge in [0.25, 0.3) is 11.8 Å². The summed E-state index contributed by atoms with van der Waals surface area (Å²) in [6.07, 6.45) is 1.91. The molecule has 2 heterocycles. The van der Waals surface area contributed by atoms with Crippen LogP contribution >= 0.6 is 0 Å². The van der Waals surface area contributed by atoms with Gasteiger partial charge in [-0.25, -0.2) is 9.29 Å². The molecular formula is C22H21FN2O4. The van der Waals surface area contributed by atoms with Crippen LogP contribution in [0.25, 0.3) is 5.57 Å². The lowest BCUT2D eigenvalue weighted by atomic mass is 10.0. The van der Waals surface area contributed by atoms with Gasteiger partial charge in [-0.1, -0.05) is 12.1 Å². The van der Waals surface area contributed by atoms with E-state index in [1.165, 1.54) is 38.5 Å². The van der Waals surface area contributed by atoms with Gasteiger partial charge in [0.2, 0.25) is 0 Å². The van der Waals surface area contributed by atoms with Crippen molar-refractivity contribution >= 4 is 23.1 Å². The van der Waals surface area contributed by atoms with Crippen LogP contribution in [-0.4, -0.2) is 44.0 Å². The number of carbonyl (C=O) groups excluding carboxylic acids is 2. The van der Waals surface area contributed by atoms with Crippen LogP contribution in [0.3, 0.4) is 0 Å². The third-order valence-electron chi connectivity index (χ3n) is 5.21. The Morgan fingerprint density at radius 1 is 0.862 bits per heavy atom. The number of nitrogens with zero attached hydrogens (tertiary/aromatic N) is 2. The summed E-state index contributed by atoms with van der Waals surface area (Å²) in [6, 6.07) is 10.5. The van der Waals surface area contributed by atoms with E-state index in [-0.39, 0.29) is 0 Å². The SMILES string of the molecule is COc1cc(OC)cc(N2C(=O)C(c3ccc(F)cc3)=C(N3CCCC3)C2=O)c1. The molecule has 0 unspecified atom stereocenters. The molecule has 2 amide bonds. The van der Waals surface area contributed by atoms with Crippen molar-refractivity contribution in [2.24, 2.45) is 0 Å². The molecule has 2 aromatic carbocycles. The Morgan fingerprint density at radius 3 is 2.00 bits per heavy atom. The Bertz CT molecular complexity index is 972. The lowest BCUT2D eigenvalue weighted by molar-refractivity contribution is -0.120. The molecule has 0 atom stereocenters. The Hall–Kier alpha value is -3.35. The van der Waals surface area contributed by atoms with E-state index in [4.69, 9.17) is 9.47 Å². The minimum atomic E-state index is -0.446. The van der Waals surface area contributed by atoms with Gasteiger partial charge in [0, 0.05) is 31.3 Å². The predicted octanol–water partition coefficient (Wildman–Crippen LogP) is 3.22. The number of methoxy groups -OCH3 is 2. The summed E-state index contributed by atoms with van der Waals surface area (Å²) in [7, 11) is 3.01. The minimum absolute atomic E-state index is 0.290. The van der Waals surface area contributed by atoms with Gasteiger partial charge in [-0.2, -0.15) is 0 Å². The van der Waals surface area contributed by atoms with Crippen LogP contribution in [0.1, 0.15) is 18.4 Å². The summed E-state index contributed by atoms with van der Waals surface area (Å²) >= 11 is 0. The predicted molar refractivity (Wildman–Crippen MR) is 106 cm³/mol. The molecule has 0 radical (unpaired) electrons. The highest BCUT2D eigenvalue weighted by Gasteiger charge is 2.43. The van der Waals surface area contributed by atoms with Crippen LogP contribution < -0.4 is 14.4 Å². The van der Waals surface area contributed by atoms with Gasteiger partial charge in [0.15, 0.2) is 0 Å². The fourth-order valence-corrected chi connectivity index (χ4v) is 3.79. The standard InChI is InChI=1S/C22H21FN2O4/c1-28-17-11-16(12-18(13-17)29-2)25-21(26)19(14-5-7-15(23)8-6-14)20(22(25)27)24-9-3-4-10-24/h5-8,11-13H,3-4,9-10H2,1-2H3. The van der Waals surface area contributed by atoms with Crippen molar-refractivity contribution in [3.05, 3.63) is 59.5 Å². The van der Waals surface area contributed by atoms with Crippen LogP contribution in [-0.2, 0) is 9.59 Å². The van der Waals surface area contributed by atoms with Crippen LogP contribution in [0.2, 0.25) is 0 Å². The van der Waals surface area contributed by atoms with E-state index in [0.717, 1.165) is 17.7 Å². The fraction of sp³-hybridized carbons (Fsp3) is 0.273. The third-order valence-corrected chi connectivity index (χ3v) is 5.21. The normalized spacial score (nSPS) is 16.8. The van der Waals surface area contributed by atoms with Crippen LogP contribution in [0.5, 0.6) is 11.5 Å². The molecule has 0 spiro atoms. The molecule has 6 nitrogen and oxygen atoms in total. The number of amides is 2. The number of imide groups is 1. The molecular weight excluding hydrogens is 375 g/mol. The summed E-state index contributed by atoms with van der Waals surface area (Å²) in [5.41, 5.74) is 1.54. The number of rotatable bonds is 5. The van der Waals surface area contributed by atoms with Gasteiger partial charge in [-0.05, 0) is 30.5 Å². The van der Waals surface area contributed by atoms with Crippen molar-refractivity contribution in [1.29, 1.82) is 0 Å². The van der Waals surface area contributed by atoms with E-state index < -0.39 is 17.6 Å². The number of ether oxygens (including phenoxy) is 2. The highest BCUT2D eigenvalue weighted by molar-refractivity contribution is 6.45. The first-order valence-corrected chi connectivity index (χ1v) is 9.40. The third kappa shape index (κ3) is 3.33. The van der Waals surface area contributed by atoms with Gasteiger partial charge in [0.1, 0.15) is 23.0 Å². The highest BCUT2D eigenvalue weighted by atomic mass is 19.1. The molecule has 0 N–H and O–H groups in total. The highest BCUT2D eigenvalue weighted by Crippen LogP contribution is 2.38. The molecule has 150 valence electrons. The number of benzene rings is 2. The van der Waals surface area contributed by atoms with Crippen LogP contribution in [0, 0.1) is 5.82 Å². The molecule has 1 fully saturated rings. The average molecular weight is 396 g/mol. The second-order valence-corrected chi connectivity index (χ2v) is 6.94. The largest absolute Gasteiger partial charge is 0.497 e. The molecule has 0 aromatic heterocycles. The Labute approximate surface area is 168 Å². The molecule has 0 bridgehead atoms. The summed E-state index contributed by atoms with van der Waals surface area (Å²) in [6.45, 7) is 1.41. The zero-order chi connectivity index (χ0) is 20.5. The van der Waals surface area contributed by atoms with E-state index >= 15 is 0 Å². The van der Waals surface area contributed by atoms with E-state index in [1.54, 1.807) is 18.2 Å². The van der Waals surface area contributed by atoms with E-state index in [9.17, 15) is 14.0 Å². The monoisotopic (exact) mass is 396 g/mol. The first-order chi connectivity index (χ1) is 14.0. The maximum atomic E-state index is 13.4. The number of carbonyl (C=O) groups is 2. The zero-order valence-corrected chi connectivity index (χ0v) is 16.3. The minimum Gasteiger partial charge on any atom is -0.497 e. The summed E-state index contributed by atoms with van der Waals surface area (Å²) in [4.78, 5) is 29.9. The average Bonchev–Trinajstić information content (AvgIpc) is 3.34. The van der Waals surface area contributed by atoms with Crippen molar-refractivity contribution in [3.63, 3.8) is 0 Å². The Kier molecular flexibility index (Phi) is 4.96.